The number of ether oxygens (including phenoxy) is 1. The van der Waals surface area contributed by atoms with Crippen LogP contribution in [-0.2, 0) is 0 Å². The predicted molar refractivity (Wildman–Crippen MR) is 61.2 cm³/mol. The van der Waals surface area contributed by atoms with E-state index < -0.39 is 6.10 Å². The van der Waals surface area contributed by atoms with Gasteiger partial charge in [-0.1, -0.05) is 19.1 Å². The number of benzene rings is 1. The van der Waals surface area contributed by atoms with Crippen molar-refractivity contribution in [3.05, 3.63) is 29.3 Å². The fourth-order valence-corrected chi connectivity index (χ4v) is 1.61. The van der Waals surface area contributed by atoms with E-state index in [1.807, 2.05) is 32.0 Å². The zero-order valence-corrected chi connectivity index (χ0v) is 9.53. The molecule has 1 aromatic rings. The Morgan fingerprint density at radius 3 is 2.67 bits per heavy atom. The molecule has 84 valence electrons. The van der Waals surface area contributed by atoms with Crippen LogP contribution in [0.4, 0.5) is 0 Å². The lowest BCUT2D eigenvalue weighted by molar-refractivity contribution is 0.156. The molecule has 3 N–H and O–H groups in total. The summed E-state index contributed by atoms with van der Waals surface area (Å²) in [5, 5.41) is 9.69. The Bertz CT molecular complexity index is 325. The molecule has 0 aliphatic heterocycles. The summed E-state index contributed by atoms with van der Waals surface area (Å²) in [5.41, 5.74) is 7.59. The number of nitrogens with two attached hydrogens (primary N) is 1. The summed E-state index contributed by atoms with van der Waals surface area (Å²) in [4.78, 5) is 0. The van der Waals surface area contributed by atoms with E-state index in [1.54, 1.807) is 7.11 Å². The van der Waals surface area contributed by atoms with Gasteiger partial charge in [-0.2, -0.15) is 0 Å². The molecule has 0 aliphatic rings. The van der Waals surface area contributed by atoms with Crippen LogP contribution in [0.2, 0.25) is 0 Å². The Hall–Kier alpha value is -1.06. The van der Waals surface area contributed by atoms with Gasteiger partial charge in [0.2, 0.25) is 0 Å². The minimum Gasteiger partial charge on any atom is -0.496 e. The lowest BCUT2D eigenvalue weighted by Gasteiger charge is -2.20. The Kier molecular flexibility index (Phi) is 4.12. The molecule has 2 unspecified atom stereocenters. The van der Waals surface area contributed by atoms with Crippen molar-refractivity contribution in [3.63, 3.8) is 0 Å². The Labute approximate surface area is 90.9 Å². The molecule has 0 radical (unpaired) electrons. The fourth-order valence-electron chi connectivity index (χ4n) is 1.61. The van der Waals surface area contributed by atoms with Crippen LogP contribution in [0.5, 0.6) is 5.75 Å². The Balaban J connectivity index is 3.02. The summed E-state index contributed by atoms with van der Waals surface area (Å²) < 4.78 is 5.29. The molecule has 0 spiro atoms. The molecule has 1 aromatic carbocycles. The van der Waals surface area contributed by atoms with Crippen molar-refractivity contribution in [2.24, 2.45) is 5.73 Å². The first-order valence-corrected chi connectivity index (χ1v) is 5.12. The molecule has 2 atom stereocenters. The van der Waals surface area contributed by atoms with E-state index in [-0.39, 0.29) is 12.5 Å². The van der Waals surface area contributed by atoms with E-state index in [2.05, 4.69) is 0 Å². The van der Waals surface area contributed by atoms with Crippen LogP contribution >= 0.6 is 0 Å². The van der Waals surface area contributed by atoms with E-state index in [9.17, 15) is 5.11 Å². The zero-order valence-electron chi connectivity index (χ0n) is 9.53. The molecule has 0 amide bonds. The van der Waals surface area contributed by atoms with Gasteiger partial charge in [-0.3, -0.25) is 0 Å². The van der Waals surface area contributed by atoms with Gasteiger partial charge in [-0.25, -0.2) is 0 Å². The monoisotopic (exact) mass is 209 g/mol. The van der Waals surface area contributed by atoms with Crippen molar-refractivity contribution in [3.8, 4) is 5.75 Å². The first-order chi connectivity index (χ1) is 7.10. The van der Waals surface area contributed by atoms with Crippen LogP contribution in [0.3, 0.4) is 0 Å². The van der Waals surface area contributed by atoms with Crippen molar-refractivity contribution < 1.29 is 9.84 Å². The van der Waals surface area contributed by atoms with E-state index in [4.69, 9.17) is 10.5 Å². The van der Waals surface area contributed by atoms with Crippen LogP contribution < -0.4 is 10.5 Å². The van der Waals surface area contributed by atoms with Crippen LogP contribution in [0.25, 0.3) is 0 Å². The minimum atomic E-state index is -0.526. The van der Waals surface area contributed by atoms with Crippen molar-refractivity contribution in [2.75, 3.05) is 13.7 Å². The molecule has 0 fully saturated rings. The van der Waals surface area contributed by atoms with E-state index in [0.717, 1.165) is 16.9 Å². The number of rotatable bonds is 4. The Morgan fingerprint density at radius 2 is 2.13 bits per heavy atom. The number of methoxy groups -OCH3 is 1. The second kappa shape index (κ2) is 5.14. The van der Waals surface area contributed by atoms with Gasteiger partial charge in [0.15, 0.2) is 0 Å². The third-order valence-corrected chi connectivity index (χ3v) is 2.70. The maximum Gasteiger partial charge on any atom is 0.122 e. The van der Waals surface area contributed by atoms with Gasteiger partial charge in [0.25, 0.3) is 0 Å². The van der Waals surface area contributed by atoms with Gasteiger partial charge in [0.05, 0.1) is 13.2 Å². The van der Waals surface area contributed by atoms with Gasteiger partial charge in [0, 0.05) is 12.5 Å². The summed E-state index contributed by atoms with van der Waals surface area (Å²) >= 11 is 0. The normalized spacial score (nSPS) is 14.7. The standard InChI is InChI=1S/C12H19NO2/c1-8-4-5-10(12(6-8)15-3)9(2)11(14)7-13/h4-6,9,11,14H,7,13H2,1-3H3. The molecule has 0 aromatic heterocycles. The topological polar surface area (TPSA) is 55.5 Å². The molecule has 0 bridgehead atoms. The van der Waals surface area contributed by atoms with Crippen LogP contribution in [-0.4, -0.2) is 24.9 Å². The molecular weight excluding hydrogens is 190 g/mol. The quantitative estimate of drug-likeness (QED) is 0.788. The van der Waals surface area contributed by atoms with Crippen molar-refractivity contribution in [1.82, 2.24) is 0 Å². The van der Waals surface area contributed by atoms with E-state index in [1.165, 1.54) is 0 Å². The average Bonchev–Trinajstić information content (AvgIpc) is 2.26. The SMILES string of the molecule is COc1cc(C)ccc1C(C)C(O)CN. The minimum absolute atomic E-state index is 0.00875. The van der Waals surface area contributed by atoms with E-state index in [0.29, 0.717) is 0 Å². The first-order valence-electron chi connectivity index (χ1n) is 5.12. The molecule has 0 heterocycles. The molecule has 0 saturated carbocycles. The average molecular weight is 209 g/mol. The predicted octanol–water partition coefficient (Wildman–Crippen LogP) is 1.43. The van der Waals surface area contributed by atoms with Gasteiger partial charge < -0.3 is 15.6 Å². The van der Waals surface area contributed by atoms with Crippen molar-refractivity contribution in [1.29, 1.82) is 0 Å². The summed E-state index contributed by atoms with van der Waals surface area (Å²) in [6, 6.07) is 5.96. The maximum atomic E-state index is 9.69. The molecule has 0 aliphatic carbocycles. The third-order valence-electron chi connectivity index (χ3n) is 2.70. The number of hydrogen-bond donors (Lipinski definition) is 2. The fraction of sp³-hybridized carbons (Fsp3) is 0.500. The summed E-state index contributed by atoms with van der Waals surface area (Å²) in [6.45, 7) is 4.22. The summed E-state index contributed by atoms with van der Waals surface area (Å²) in [5.74, 6) is 0.806. The highest BCUT2D eigenvalue weighted by Gasteiger charge is 2.18. The Morgan fingerprint density at radius 1 is 1.47 bits per heavy atom. The number of hydrogen-bond acceptors (Lipinski definition) is 3. The number of aliphatic hydroxyl groups is 1. The molecule has 3 heteroatoms. The smallest absolute Gasteiger partial charge is 0.122 e. The molecular formula is C12H19NO2. The molecule has 15 heavy (non-hydrogen) atoms. The highest BCUT2D eigenvalue weighted by molar-refractivity contribution is 5.39. The maximum absolute atomic E-state index is 9.69. The highest BCUT2D eigenvalue weighted by Crippen LogP contribution is 2.29. The van der Waals surface area contributed by atoms with Gasteiger partial charge >= 0.3 is 0 Å². The van der Waals surface area contributed by atoms with Crippen molar-refractivity contribution in [2.45, 2.75) is 25.9 Å². The van der Waals surface area contributed by atoms with Crippen LogP contribution in [0.1, 0.15) is 24.0 Å². The largest absolute Gasteiger partial charge is 0.496 e. The third kappa shape index (κ3) is 2.70. The second-order valence-electron chi connectivity index (χ2n) is 3.84. The van der Waals surface area contributed by atoms with Gasteiger partial charge in [-0.05, 0) is 24.1 Å². The highest BCUT2D eigenvalue weighted by atomic mass is 16.5. The molecule has 0 saturated heterocycles. The molecule has 3 nitrogen and oxygen atoms in total. The zero-order chi connectivity index (χ0) is 11.4. The van der Waals surface area contributed by atoms with Crippen LogP contribution in [0.15, 0.2) is 18.2 Å². The summed E-state index contributed by atoms with van der Waals surface area (Å²) in [7, 11) is 1.64. The number of aliphatic hydroxyl groups excluding tert-OH is 1. The van der Waals surface area contributed by atoms with Gasteiger partial charge in [0.1, 0.15) is 5.75 Å². The number of aryl methyl sites for hydroxylation is 1. The summed E-state index contributed by atoms with van der Waals surface area (Å²) in [6.07, 6.45) is -0.526. The first kappa shape index (κ1) is 12.0. The lowest BCUT2D eigenvalue weighted by Crippen LogP contribution is -2.25. The molecule has 1 rings (SSSR count). The van der Waals surface area contributed by atoms with Crippen LogP contribution in [0, 0.1) is 6.92 Å². The van der Waals surface area contributed by atoms with Gasteiger partial charge in [-0.15, -0.1) is 0 Å². The van der Waals surface area contributed by atoms with Crippen molar-refractivity contribution >= 4 is 0 Å². The lowest BCUT2D eigenvalue weighted by atomic mass is 9.93. The second-order valence-corrected chi connectivity index (χ2v) is 3.84. The van der Waals surface area contributed by atoms with E-state index >= 15 is 0 Å².